The predicted octanol–water partition coefficient (Wildman–Crippen LogP) is 3.39. The molecule has 1 heterocycles. The number of carbonyl (C=O) groups is 1. The van der Waals surface area contributed by atoms with Crippen molar-refractivity contribution in [2.45, 2.75) is 0 Å². The van der Waals surface area contributed by atoms with Gasteiger partial charge in [-0.3, -0.25) is 4.79 Å². The molecule has 0 spiro atoms. The van der Waals surface area contributed by atoms with Crippen molar-refractivity contribution < 1.29 is 13.9 Å². The fourth-order valence-electron chi connectivity index (χ4n) is 1.24. The second-order valence-corrected chi connectivity index (χ2v) is 3.53. The predicted molar refractivity (Wildman–Crippen MR) is 60.9 cm³/mol. The lowest BCUT2D eigenvalue weighted by Crippen LogP contribution is -1.97. The van der Waals surface area contributed by atoms with Gasteiger partial charge >= 0.3 is 0 Å². The molecule has 0 aliphatic rings. The van der Waals surface area contributed by atoms with E-state index < -0.39 is 5.24 Å². The van der Waals surface area contributed by atoms with E-state index in [0.717, 1.165) is 0 Å². The van der Waals surface area contributed by atoms with Crippen LogP contribution in [0.25, 0.3) is 0 Å². The molecule has 0 atom stereocenters. The number of hydrogen-bond donors (Lipinski definition) is 0. The van der Waals surface area contributed by atoms with E-state index in [-0.39, 0.29) is 17.3 Å². The van der Waals surface area contributed by atoms with Crippen molar-refractivity contribution in [2.24, 2.45) is 0 Å². The SMILES string of the molecule is O=C(Cl)c1cccnc1Oc1ccc(F)cc1. The van der Waals surface area contributed by atoms with Crippen LogP contribution in [0.1, 0.15) is 10.4 Å². The maximum Gasteiger partial charge on any atom is 0.257 e. The lowest BCUT2D eigenvalue weighted by molar-refractivity contribution is 0.107. The zero-order valence-corrected chi connectivity index (χ0v) is 9.32. The second kappa shape index (κ2) is 4.93. The Labute approximate surface area is 102 Å². The minimum Gasteiger partial charge on any atom is -0.438 e. The second-order valence-electron chi connectivity index (χ2n) is 3.19. The van der Waals surface area contributed by atoms with Crippen LogP contribution in [0, 0.1) is 5.82 Å². The first kappa shape index (κ1) is 11.5. The number of hydrogen-bond acceptors (Lipinski definition) is 3. The molecule has 0 saturated heterocycles. The van der Waals surface area contributed by atoms with E-state index in [9.17, 15) is 9.18 Å². The van der Waals surface area contributed by atoms with Crippen LogP contribution >= 0.6 is 11.6 Å². The number of ether oxygens (including phenoxy) is 1. The van der Waals surface area contributed by atoms with Crippen LogP contribution in [-0.4, -0.2) is 10.2 Å². The molecule has 1 aromatic heterocycles. The molecule has 0 aliphatic carbocycles. The Hall–Kier alpha value is -1.94. The van der Waals surface area contributed by atoms with Gasteiger partial charge in [-0.15, -0.1) is 0 Å². The topological polar surface area (TPSA) is 39.2 Å². The van der Waals surface area contributed by atoms with E-state index >= 15 is 0 Å². The molecular weight excluding hydrogens is 245 g/mol. The summed E-state index contributed by atoms with van der Waals surface area (Å²) in [6.45, 7) is 0. The first-order valence-corrected chi connectivity index (χ1v) is 5.13. The van der Waals surface area contributed by atoms with Crippen molar-refractivity contribution in [3.63, 3.8) is 0 Å². The summed E-state index contributed by atoms with van der Waals surface area (Å²) in [6.07, 6.45) is 1.47. The molecule has 0 N–H and O–H groups in total. The van der Waals surface area contributed by atoms with E-state index in [4.69, 9.17) is 16.3 Å². The van der Waals surface area contributed by atoms with Gasteiger partial charge in [0.1, 0.15) is 11.6 Å². The summed E-state index contributed by atoms with van der Waals surface area (Å²) in [5.41, 5.74) is 0.165. The molecule has 0 radical (unpaired) electrons. The molecule has 1 aromatic carbocycles. The minimum absolute atomic E-state index is 0.0964. The first-order valence-electron chi connectivity index (χ1n) is 4.75. The Morgan fingerprint density at radius 3 is 2.59 bits per heavy atom. The smallest absolute Gasteiger partial charge is 0.257 e. The Balaban J connectivity index is 2.30. The van der Waals surface area contributed by atoms with Crippen LogP contribution in [0.5, 0.6) is 11.6 Å². The van der Waals surface area contributed by atoms with Gasteiger partial charge in [0.05, 0.1) is 5.56 Å². The highest BCUT2D eigenvalue weighted by molar-refractivity contribution is 6.68. The Morgan fingerprint density at radius 2 is 1.94 bits per heavy atom. The molecule has 0 aliphatic heterocycles. The first-order chi connectivity index (χ1) is 8.16. The lowest BCUT2D eigenvalue weighted by atomic mass is 10.3. The molecule has 0 saturated carbocycles. The molecular formula is C12H7ClFNO2. The molecule has 3 nitrogen and oxygen atoms in total. The fourth-order valence-corrected chi connectivity index (χ4v) is 1.38. The molecule has 0 bridgehead atoms. The normalized spacial score (nSPS) is 10.0. The van der Waals surface area contributed by atoms with Crippen molar-refractivity contribution in [1.82, 2.24) is 4.98 Å². The molecule has 5 heteroatoms. The molecule has 86 valence electrons. The molecule has 0 fully saturated rings. The van der Waals surface area contributed by atoms with Crippen LogP contribution in [0.15, 0.2) is 42.6 Å². The third-order valence-electron chi connectivity index (χ3n) is 2.01. The zero-order valence-electron chi connectivity index (χ0n) is 8.56. The summed E-state index contributed by atoms with van der Waals surface area (Å²) < 4.78 is 18.0. The van der Waals surface area contributed by atoms with E-state index in [0.29, 0.717) is 5.75 Å². The number of carbonyl (C=O) groups excluding carboxylic acids is 1. The molecule has 0 amide bonds. The van der Waals surface area contributed by atoms with Gasteiger partial charge in [0.15, 0.2) is 0 Å². The number of benzene rings is 1. The summed E-state index contributed by atoms with van der Waals surface area (Å²) in [4.78, 5) is 15.0. The summed E-state index contributed by atoms with van der Waals surface area (Å²) in [5.74, 6) is 0.107. The monoisotopic (exact) mass is 251 g/mol. The van der Waals surface area contributed by atoms with Crippen molar-refractivity contribution in [3.05, 3.63) is 54.0 Å². The van der Waals surface area contributed by atoms with E-state index in [1.54, 1.807) is 6.07 Å². The standard InChI is InChI=1S/C12H7ClFNO2/c13-11(16)10-2-1-7-15-12(10)17-9-5-3-8(14)4-6-9/h1-7H. The number of pyridine rings is 1. The third-order valence-corrected chi connectivity index (χ3v) is 2.21. The minimum atomic E-state index is -0.657. The van der Waals surface area contributed by atoms with Gasteiger partial charge in [0, 0.05) is 6.20 Å². The van der Waals surface area contributed by atoms with Gasteiger partial charge in [-0.05, 0) is 48.0 Å². The fraction of sp³-hybridized carbons (Fsp3) is 0. The van der Waals surface area contributed by atoms with E-state index in [2.05, 4.69) is 4.98 Å². The zero-order chi connectivity index (χ0) is 12.3. The highest BCUT2D eigenvalue weighted by atomic mass is 35.5. The summed E-state index contributed by atoms with van der Waals surface area (Å²) in [7, 11) is 0. The maximum atomic E-state index is 12.7. The van der Waals surface area contributed by atoms with Crippen LogP contribution in [-0.2, 0) is 0 Å². The van der Waals surface area contributed by atoms with E-state index in [1.807, 2.05) is 0 Å². The number of rotatable bonds is 3. The van der Waals surface area contributed by atoms with Crippen LogP contribution in [0.2, 0.25) is 0 Å². The highest BCUT2D eigenvalue weighted by Gasteiger charge is 2.11. The van der Waals surface area contributed by atoms with E-state index in [1.165, 1.54) is 36.5 Å². The molecule has 2 aromatic rings. The summed E-state index contributed by atoms with van der Waals surface area (Å²) in [6, 6.07) is 8.45. The van der Waals surface area contributed by atoms with Crippen LogP contribution in [0.4, 0.5) is 4.39 Å². The van der Waals surface area contributed by atoms with Gasteiger partial charge in [0.2, 0.25) is 5.88 Å². The average Bonchev–Trinajstić information content (AvgIpc) is 2.32. The van der Waals surface area contributed by atoms with Gasteiger partial charge in [-0.2, -0.15) is 0 Å². The van der Waals surface area contributed by atoms with Gasteiger partial charge in [-0.25, -0.2) is 9.37 Å². The molecule has 2 rings (SSSR count). The molecule has 17 heavy (non-hydrogen) atoms. The van der Waals surface area contributed by atoms with Gasteiger partial charge in [-0.1, -0.05) is 0 Å². The Bertz CT molecular complexity index is 542. The number of aromatic nitrogens is 1. The Kier molecular flexibility index (Phi) is 3.35. The van der Waals surface area contributed by atoms with Gasteiger partial charge < -0.3 is 4.74 Å². The van der Waals surface area contributed by atoms with Crippen molar-refractivity contribution in [1.29, 1.82) is 0 Å². The average molecular weight is 252 g/mol. The summed E-state index contributed by atoms with van der Waals surface area (Å²) >= 11 is 5.38. The van der Waals surface area contributed by atoms with Crippen molar-refractivity contribution in [3.8, 4) is 11.6 Å². The lowest BCUT2D eigenvalue weighted by Gasteiger charge is -2.06. The van der Waals surface area contributed by atoms with Crippen molar-refractivity contribution >= 4 is 16.8 Å². The third kappa shape index (κ3) is 2.79. The molecule has 0 unspecified atom stereocenters. The van der Waals surface area contributed by atoms with Crippen molar-refractivity contribution in [2.75, 3.05) is 0 Å². The van der Waals surface area contributed by atoms with Crippen LogP contribution in [0.3, 0.4) is 0 Å². The van der Waals surface area contributed by atoms with Gasteiger partial charge in [0.25, 0.3) is 5.24 Å². The number of nitrogens with zero attached hydrogens (tertiary/aromatic N) is 1. The largest absolute Gasteiger partial charge is 0.438 e. The maximum absolute atomic E-state index is 12.7. The highest BCUT2D eigenvalue weighted by Crippen LogP contribution is 2.23. The summed E-state index contributed by atoms with van der Waals surface area (Å²) in [5, 5.41) is -0.657. The van der Waals surface area contributed by atoms with Crippen LogP contribution < -0.4 is 4.74 Å². The Morgan fingerprint density at radius 1 is 1.24 bits per heavy atom. The number of halogens is 2. The quantitative estimate of drug-likeness (QED) is 0.785.